The van der Waals surface area contributed by atoms with Gasteiger partial charge >= 0.3 is 0 Å². The molecular formula is C20H19N3O5S3. The van der Waals surface area contributed by atoms with Gasteiger partial charge < -0.3 is 0 Å². The van der Waals surface area contributed by atoms with Crippen LogP contribution < -0.4 is 10.0 Å². The number of carbonyl (C=O) groups is 1. The van der Waals surface area contributed by atoms with E-state index in [0.717, 1.165) is 11.3 Å². The number of nitrogens with zero attached hydrogens (tertiary/aromatic N) is 1. The standard InChI is InChI=1S/C20H19N3O5S3/c24-19(22-20-21-18(12-29-20)14-5-2-1-3-6-14)15-7-4-8-17(11-15)31(27,28)23-16-9-10-30(25,26)13-16/h1-8,11-12,16,23H,9-10,13H2,(H,21,22,24)/t16-/m1/s1. The van der Waals surface area contributed by atoms with Crippen molar-refractivity contribution in [2.45, 2.75) is 17.4 Å². The van der Waals surface area contributed by atoms with Crippen LogP contribution in [0.15, 0.2) is 64.9 Å². The van der Waals surface area contributed by atoms with E-state index in [0.29, 0.717) is 5.13 Å². The Labute approximate surface area is 184 Å². The summed E-state index contributed by atoms with van der Waals surface area (Å²) in [4.78, 5) is 16.9. The Balaban J connectivity index is 1.48. The second-order valence-electron chi connectivity index (χ2n) is 7.11. The number of amides is 1. The quantitative estimate of drug-likeness (QED) is 0.563. The minimum absolute atomic E-state index is 0.0403. The lowest BCUT2D eigenvalue weighted by atomic mass is 10.2. The van der Waals surface area contributed by atoms with Crippen molar-refractivity contribution < 1.29 is 21.6 Å². The lowest BCUT2D eigenvalue weighted by molar-refractivity contribution is 0.102. The van der Waals surface area contributed by atoms with Crippen molar-refractivity contribution in [1.29, 1.82) is 0 Å². The highest BCUT2D eigenvalue weighted by molar-refractivity contribution is 7.92. The number of thiazole rings is 1. The van der Waals surface area contributed by atoms with Gasteiger partial charge in [-0.25, -0.2) is 26.5 Å². The third-order valence-corrected chi connectivity index (χ3v) is 8.80. The van der Waals surface area contributed by atoms with Crippen LogP contribution in [0, 0.1) is 0 Å². The Hall–Kier alpha value is -2.60. The predicted molar refractivity (Wildman–Crippen MR) is 119 cm³/mol. The van der Waals surface area contributed by atoms with Gasteiger partial charge in [0.1, 0.15) is 0 Å². The van der Waals surface area contributed by atoms with Crippen molar-refractivity contribution in [2.24, 2.45) is 0 Å². The van der Waals surface area contributed by atoms with Gasteiger partial charge in [0, 0.05) is 22.5 Å². The molecule has 162 valence electrons. The van der Waals surface area contributed by atoms with E-state index in [-0.39, 0.29) is 28.4 Å². The number of hydrogen-bond acceptors (Lipinski definition) is 7. The van der Waals surface area contributed by atoms with Gasteiger partial charge in [0.05, 0.1) is 22.1 Å². The average Bonchev–Trinajstić information content (AvgIpc) is 3.34. The molecule has 0 spiro atoms. The van der Waals surface area contributed by atoms with Gasteiger partial charge in [-0.15, -0.1) is 11.3 Å². The first kappa shape index (κ1) is 21.6. The Morgan fingerprint density at radius 1 is 1.10 bits per heavy atom. The summed E-state index contributed by atoms with van der Waals surface area (Å²) in [5.74, 6) is -0.754. The molecule has 1 atom stereocenters. The Morgan fingerprint density at radius 3 is 2.58 bits per heavy atom. The summed E-state index contributed by atoms with van der Waals surface area (Å²) < 4.78 is 50.9. The van der Waals surface area contributed by atoms with Crippen molar-refractivity contribution in [3.05, 3.63) is 65.5 Å². The molecular weight excluding hydrogens is 458 g/mol. The molecule has 2 heterocycles. The van der Waals surface area contributed by atoms with Gasteiger partial charge in [-0.2, -0.15) is 0 Å². The van der Waals surface area contributed by atoms with Crippen LogP contribution in [-0.4, -0.2) is 45.3 Å². The molecule has 1 amide bonds. The van der Waals surface area contributed by atoms with Crippen molar-refractivity contribution >= 4 is 42.2 Å². The van der Waals surface area contributed by atoms with Gasteiger partial charge in [-0.05, 0) is 24.6 Å². The first-order chi connectivity index (χ1) is 14.7. The Bertz CT molecular complexity index is 1320. The van der Waals surface area contributed by atoms with E-state index >= 15 is 0 Å². The van der Waals surface area contributed by atoms with Crippen molar-refractivity contribution in [2.75, 3.05) is 16.8 Å². The molecule has 0 bridgehead atoms. The smallest absolute Gasteiger partial charge is 0.257 e. The lowest BCUT2D eigenvalue weighted by Gasteiger charge is -2.12. The van der Waals surface area contributed by atoms with Crippen LogP contribution in [0.3, 0.4) is 0 Å². The van der Waals surface area contributed by atoms with Gasteiger partial charge in [0.2, 0.25) is 10.0 Å². The van der Waals surface area contributed by atoms with E-state index in [1.807, 2.05) is 35.7 Å². The topological polar surface area (TPSA) is 122 Å². The number of anilines is 1. The number of nitrogens with one attached hydrogen (secondary N) is 2. The number of carbonyl (C=O) groups excluding carboxylic acids is 1. The molecule has 1 saturated heterocycles. The summed E-state index contributed by atoms with van der Waals surface area (Å²) in [5.41, 5.74) is 1.80. The largest absolute Gasteiger partial charge is 0.298 e. The normalized spacial score (nSPS) is 18.0. The second kappa shape index (κ2) is 8.50. The third kappa shape index (κ3) is 5.18. The molecule has 11 heteroatoms. The predicted octanol–water partition coefficient (Wildman–Crippen LogP) is 2.53. The van der Waals surface area contributed by atoms with Gasteiger partial charge in [-0.3, -0.25) is 10.1 Å². The second-order valence-corrected chi connectivity index (χ2v) is 11.9. The van der Waals surface area contributed by atoms with Crippen LogP contribution >= 0.6 is 11.3 Å². The summed E-state index contributed by atoms with van der Waals surface area (Å²) in [5, 5.41) is 4.90. The maximum absolute atomic E-state index is 12.6. The number of sulfone groups is 1. The van der Waals surface area contributed by atoms with Crippen molar-refractivity contribution in [1.82, 2.24) is 9.71 Å². The van der Waals surface area contributed by atoms with E-state index in [9.17, 15) is 21.6 Å². The van der Waals surface area contributed by atoms with Crippen molar-refractivity contribution in [3.8, 4) is 11.3 Å². The first-order valence-corrected chi connectivity index (χ1v) is 13.6. The summed E-state index contributed by atoms with van der Waals surface area (Å²) in [7, 11) is -7.18. The highest BCUT2D eigenvalue weighted by atomic mass is 32.2. The Kier molecular flexibility index (Phi) is 5.93. The number of sulfonamides is 1. The number of aromatic nitrogens is 1. The maximum Gasteiger partial charge on any atom is 0.257 e. The number of rotatable bonds is 6. The molecule has 4 rings (SSSR count). The molecule has 31 heavy (non-hydrogen) atoms. The molecule has 3 aromatic rings. The van der Waals surface area contributed by atoms with Gasteiger partial charge in [-0.1, -0.05) is 36.4 Å². The fraction of sp³-hybridized carbons (Fsp3) is 0.200. The minimum Gasteiger partial charge on any atom is -0.298 e. The SMILES string of the molecule is O=C(Nc1nc(-c2ccccc2)cs1)c1cccc(S(=O)(=O)N[C@@H]2CCS(=O)(=O)C2)c1. The van der Waals surface area contributed by atoms with Crippen molar-refractivity contribution in [3.63, 3.8) is 0 Å². The monoisotopic (exact) mass is 477 g/mol. The molecule has 0 unspecified atom stereocenters. The molecule has 1 aliphatic heterocycles. The van der Waals surface area contributed by atoms with E-state index in [1.54, 1.807) is 0 Å². The average molecular weight is 478 g/mol. The van der Waals surface area contributed by atoms with E-state index in [1.165, 1.54) is 35.6 Å². The highest BCUT2D eigenvalue weighted by Crippen LogP contribution is 2.25. The molecule has 1 fully saturated rings. The summed E-state index contributed by atoms with van der Waals surface area (Å²) in [6.45, 7) is 0. The van der Waals surface area contributed by atoms with Crippen LogP contribution in [0.4, 0.5) is 5.13 Å². The zero-order valence-corrected chi connectivity index (χ0v) is 18.6. The highest BCUT2D eigenvalue weighted by Gasteiger charge is 2.31. The van der Waals surface area contributed by atoms with Crippen LogP contribution in [0.1, 0.15) is 16.8 Å². The zero-order valence-electron chi connectivity index (χ0n) is 16.2. The fourth-order valence-electron chi connectivity index (χ4n) is 3.22. The molecule has 2 N–H and O–H groups in total. The lowest BCUT2D eigenvalue weighted by Crippen LogP contribution is -2.35. The maximum atomic E-state index is 12.6. The van der Waals surface area contributed by atoms with E-state index in [4.69, 9.17) is 0 Å². The van der Waals surface area contributed by atoms with Crippen LogP contribution in [-0.2, 0) is 19.9 Å². The first-order valence-electron chi connectivity index (χ1n) is 9.37. The Morgan fingerprint density at radius 2 is 1.87 bits per heavy atom. The van der Waals surface area contributed by atoms with Gasteiger partial charge in [0.25, 0.3) is 5.91 Å². The van der Waals surface area contributed by atoms with Crippen LogP contribution in [0.5, 0.6) is 0 Å². The third-order valence-electron chi connectivity index (χ3n) is 4.75. The molecule has 1 aliphatic rings. The number of hydrogen-bond donors (Lipinski definition) is 2. The summed E-state index contributed by atoms with van der Waals surface area (Å²) >= 11 is 1.27. The molecule has 1 aromatic heterocycles. The molecule has 0 radical (unpaired) electrons. The molecule has 2 aromatic carbocycles. The summed E-state index contributed by atoms with van der Waals surface area (Å²) in [6, 6.07) is 14.4. The number of benzene rings is 2. The fourth-order valence-corrected chi connectivity index (χ4v) is 7.03. The van der Waals surface area contributed by atoms with Gasteiger partial charge in [0.15, 0.2) is 15.0 Å². The van der Waals surface area contributed by atoms with E-state index in [2.05, 4.69) is 15.0 Å². The van der Waals surface area contributed by atoms with Crippen LogP contribution in [0.25, 0.3) is 11.3 Å². The van der Waals surface area contributed by atoms with E-state index < -0.39 is 31.8 Å². The zero-order chi connectivity index (χ0) is 22.1. The molecule has 0 saturated carbocycles. The molecule has 0 aliphatic carbocycles. The summed E-state index contributed by atoms with van der Waals surface area (Å²) in [6.07, 6.45) is 0.232. The minimum atomic E-state index is -3.96. The van der Waals surface area contributed by atoms with Crippen LogP contribution in [0.2, 0.25) is 0 Å². The molecule has 8 nitrogen and oxygen atoms in total.